The van der Waals surface area contributed by atoms with Crippen LogP contribution in [0.2, 0.25) is 0 Å². The number of nitrogens with one attached hydrogen (secondary N) is 2. The minimum Gasteiger partial charge on any atom is -0.385 e. The molecule has 1 aromatic heterocycles. The molecule has 1 aromatic carbocycles. The maximum atomic E-state index is 11.1. The molecule has 2 rings (SSSR count). The molecule has 0 saturated heterocycles. The largest absolute Gasteiger partial charge is 0.385 e. The van der Waals surface area contributed by atoms with Gasteiger partial charge in [-0.25, -0.2) is 0 Å². The zero-order valence-electron chi connectivity index (χ0n) is 9.82. The fraction of sp³-hybridized carbons (Fsp3) is 0.308. The topological polar surface area (TPSA) is 54.1 Å². The molecular weight excluding hydrogens is 216 g/mol. The summed E-state index contributed by atoms with van der Waals surface area (Å²) in [4.78, 5) is 14.3. The van der Waals surface area contributed by atoms with Crippen molar-refractivity contribution in [1.82, 2.24) is 4.98 Å². The van der Waals surface area contributed by atoms with Crippen LogP contribution in [0.5, 0.6) is 0 Å². The van der Waals surface area contributed by atoms with E-state index < -0.39 is 0 Å². The van der Waals surface area contributed by atoms with Gasteiger partial charge in [0, 0.05) is 31.2 Å². The van der Waals surface area contributed by atoms with Gasteiger partial charge in [0.1, 0.15) is 5.82 Å². The summed E-state index contributed by atoms with van der Waals surface area (Å²) in [7, 11) is 1.68. The summed E-state index contributed by atoms with van der Waals surface area (Å²) < 4.78 is 4.98. The van der Waals surface area contributed by atoms with E-state index in [0.29, 0.717) is 12.2 Å². The summed E-state index contributed by atoms with van der Waals surface area (Å²) in [6.45, 7) is 1.49. The number of hydrogen-bond acceptors (Lipinski definition) is 3. The quantitative estimate of drug-likeness (QED) is 0.594. The van der Waals surface area contributed by atoms with Gasteiger partial charge in [0.15, 0.2) is 6.29 Å². The molecule has 0 radical (unpaired) electrons. The lowest BCUT2D eigenvalue weighted by atomic mass is 10.2. The Labute approximate surface area is 100.0 Å². The smallest absolute Gasteiger partial charge is 0.154 e. The van der Waals surface area contributed by atoms with Crippen LogP contribution >= 0.6 is 0 Å². The van der Waals surface area contributed by atoms with E-state index in [0.717, 1.165) is 36.0 Å². The van der Waals surface area contributed by atoms with Crippen LogP contribution in [0.25, 0.3) is 10.9 Å². The molecule has 0 atom stereocenters. The van der Waals surface area contributed by atoms with Crippen molar-refractivity contribution in [2.45, 2.75) is 6.42 Å². The molecule has 2 N–H and O–H groups in total. The molecular formula is C13H16N2O2. The first-order valence-corrected chi connectivity index (χ1v) is 5.65. The molecule has 0 bridgehead atoms. The molecule has 0 unspecified atom stereocenters. The highest BCUT2D eigenvalue weighted by Crippen LogP contribution is 2.24. The van der Waals surface area contributed by atoms with Crippen LogP contribution in [0.15, 0.2) is 24.3 Å². The fourth-order valence-corrected chi connectivity index (χ4v) is 1.86. The van der Waals surface area contributed by atoms with Gasteiger partial charge in [-0.3, -0.25) is 4.79 Å². The van der Waals surface area contributed by atoms with Crippen LogP contribution in [0, 0.1) is 0 Å². The lowest BCUT2D eigenvalue weighted by molar-refractivity contribution is 0.112. The average Bonchev–Trinajstić information content (AvgIpc) is 2.72. The Bertz CT molecular complexity index is 505. The van der Waals surface area contributed by atoms with E-state index in [4.69, 9.17) is 4.74 Å². The van der Waals surface area contributed by atoms with Gasteiger partial charge in [0.2, 0.25) is 0 Å². The molecule has 0 spiro atoms. The van der Waals surface area contributed by atoms with Crippen molar-refractivity contribution in [3.63, 3.8) is 0 Å². The number of para-hydroxylation sites is 1. The molecule has 1 heterocycles. The molecule has 2 aromatic rings. The minimum atomic E-state index is 0.693. The van der Waals surface area contributed by atoms with Crippen molar-refractivity contribution >= 4 is 23.0 Å². The van der Waals surface area contributed by atoms with E-state index in [1.54, 1.807) is 7.11 Å². The Balaban J connectivity index is 2.18. The van der Waals surface area contributed by atoms with Crippen molar-refractivity contribution in [1.29, 1.82) is 0 Å². The van der Waals surface area contributed by atoms with Crippen molar-refractivity contribution in [2.24, 2.45) is 0 Å². The molecule has 0 fully saturated rings. The van der Waals surface area contributed by atoms with Crippen LogP contribution < -0.4 is 5.32 Å². The third-order valence-electron chi connectivity index (χ3n) is 2.69. The van der Waals surface area contributed by atoms with Gasteiger partial charge >= 0.3 is 0 Å². The van der Waals surface area contributed by atoms with Crippen molar-refractivity contribution in [3.8, 4) is 0 Å². The molecule has 4 heteroatoms. The number of benzene rings is 1. The zero-order chi connectivity index (χ0) is 12.1. The third kappa shape index (κ3) is 2.47. The third-order valence-corrected chi connectivity index (χ3v) is 2.69. The Morgan fingerprint density at radius 2 is 2.24 bits per heavy atom. The van der Waals surface area contributed by atoms with Crippen molar-refractivity contribution in [2.75, 3.05) is 25.6 Å². The molecule has 4 nitrogen and oxygen atoms in total. The Hall–Kier alpha value is -1.81. The second-order valence-corrected chi connectivity index (χ2v) is 3.85. The van der Waals surface area contributed by atoms with Crippen LogP contribution in [0.3, 0.4) is 0 Å². The van der Waals surface area contributed by atoms with E-state index in [1.165, 1.54) is 0 Å². The number of hydrogen-bond donors (Lipinski definition) is 2. The summed E-state index contributed by atoms with van der Waals surface area (Å²) in [6.07, 6.45) is 1.79. The van der Waals surface area contributed by atoms with Crippen LogP contribution in [0.1, 0.15) is 16.8 Å². The first kappa shape index (κ1) is 11.7. The summed E-state index contributed by atoms with van der Waals surface area (Å²) in [5.74, 6) is 0.789. The zero-order valence-corrected chi connectivity index (χ0v) is 9.82. The van der Waals surface area contributed by atoms with Gasteiger partial charge in [0.05, 0.1) is 5.56 Å². The van der Waals surface area contributed by atoms with Gasteiger partial charge in [-0.15, -0.1) is 0 Å². The van der Waals surface area contributed by atoms with E-state index in [1.807, 2.05) is 24.3 Å². The number of carbonyl (C=O) groups excluding carboxylic acids is 1. The number of ether oxygens (including phenoxy) is 1. The Kier molecular flexibility index (Phi) is 3.77. The number of fused-ring (bicyclic) bond motifs is 1. The highest BCUT2D eigenvalue weighted by molar-refractivity contribution is 6.03. The second kappa shape index (κ2) is 5.50. The highest BCUT2D eigenvalue weighted by atomic mass is 16.5. The summed E-state index contributed by atoms with van der Waals surface area (Å²) in [5.41, 5.74) is 1.67. The predicted molar refractivity (Wildman–Crippen MR) is 68.7 cm³/mol. The molecule has 17 heavy (non-hydrogen) atoms. The van der Waals surface area contributed by atoms with Gasteiger partial charge in [-0.05, 0) is 12.5 Å². The van der Waals surface area contributed by atoms with Crippen molar-refractivity contribution < 1.29 is 9.53 Å². The SMILES string of the molecule is COCCCNc1[nH]c2ccccc2c1C=O. The second-order valence-electron chi connectivity index (χ2n) is 3.85. The van der Waals surface area contributed by atoms with Gasteiger partial charge in [0.25, 0.3) is 0 Å². The van der Waals surface area contributed by atoms with Crippen LogP contribution in [-0.4, -0.2) is 31.5 Å². The normalized spacial score (nSPS) is 10.6. The summed E-state index contributed by atoms with van der Waals surface area (Å²) >= 11 is 0. The standard InChI is InChI=1S/C13H16N2O2/c1-17-8-4-7-14-13-11(9-16)10-5-2-3-6-12(10)15-13/h2-3,5-6,9,14-15H,4,7-8H2,1H3. The van der Waals surface area contributed by atoms with E-state index in [9.17, 15) is 4.79 Å². The van der Waals surface area contributed by atoms with E-state index in [2.05, 4.69) is 10.3 Å². The van der Waals surface area contributed by atoms with E-state index in [-0.39, 0.29) is 0 Å². The molecule has 90 valence electrons. The van der Waals surface area contributed by atoms with Gasteiger partial charge < -0.3 is 15.0 Å². The predicted octanol–water partition coefficient (Wildman–Crippen LogP) is 2.43. The fourth-order valence-electron chi connectivity index (χ4n) is 1.86. The number of aldehydes is 1. The first-order valence-electron chi connectivity index (χ1n) is 5.65. The summed E-state index contributed by atoms with van der Waals surface area (Å²) in [5, 5.41) is 4.18. The number of H-pyrrole nitrogens is 1. The van der Waals surface area contributed by atoms with Gasteiger partial charge in [-0.2, -0.15) is 0 Å². The Morgan fingerprint density at radius 3 is 3.00 bits per heavy atom. The number of rotatable bonds is 6. The first-order chi connectivity index (χ1) is 8.36. The van der Waals surface area contributed by atoms with E-state index >= 15 is 0 Å². The minimum absolute atomic E-state index is 0.693. The summed E-state index contributed by atoms with van der Waals surface area (Å²) in [6, 6.07) is 7.78. The lowest BCUT2D eigenvalue weighted by Gasteiger charge is -2.04. The Morgan fingerprint density at radius 1 is 1.41 bits per heavy atom. The lowest BCUT2D eigenvalue weighted by Crippen LogP contribution is -2.06. The number of methoxy groups -OCH3 is 1. The number of anilines is 1. The van der Waals surface area contributed by atoms with Crippen LogP contribution in [0.4, 0.5) is 5.82 Å². The molecule has 0 amide bonds. The highest BCUT2D eigenvalue weighted by Gasteiger charge is 2.09. The maximum Gasteiger partial charge on any atom is 0.154 e. The average molecular weight is 232 g/mol. The van der Waals surface area contributed by atoms with Crippen molar-refractivity contribution in [3.05, 3.63) is 29.8 Å². The molecule has 0 aliphatic heterocycles. The van der Waals surface area contributed by atoms with Gasteiger partial charge in [-0.1, -0.05) is 18.2 Å². The number of carbonyl (C=O) groups is 1. The molecule has 0 saturated carbocycles. The monoisotopic (exact) mass is 232 g/mol. The molecule has 0 aliphatic carbocycles. The number of aromatic nitrogens is 1. The molecule has 0 aliphatic rings. The maximum absolute atomic E-state index is 11.1. The van der Waals surface area contributed by atoms with Crippen LogP contribution in [-0.2, 0) is 4.74 Å². The number of aromatic amines is 1.